The van der Waals surface area contributed by atoms with Crippen LogP contribution in [-0.2, 0) is 0 Å². The van der Waals surface area contributed by atoms with E-state index in [0.717, 1.165) is 35.6 Å². The van der Waals surface area contributed by atoms with Crippen LogP contribution in [0.25, 0.3) is 11.0 Å². The summed E-state index contributed by atoms with van der Waals surface area (Å²) in [6.45, 7) is 1.98. The Morgan fingerprint density at radius 1 is 1.50 bits per heavy atom. The molecule has 3 N–H and O–H groups in total. The van der Waals surface area contributed by atoms with Gasteiger partial charge in [-0.3, -0.25) is 0 Å². The first-order valence-electron chi connectivity index (χ1n) is 5.39. The third kappa shape index (κ3) is 1.45. The van der Waals surface area contributed by atoms with Crippen LogP contribution >= 0.6 is 11.6 Å². The molecule has 1 unspecified atom stereocenters. The number of nitrogens with two attached hydrogens (primary N) is 1. The van der Waals surface area contributed by atoms with Crippen molar-refractivity contribution in [2.24, 2.45) is 0 Å². The van der Waals surface area contributed by atoms with Gasteiger partial charge in [-0.1, -0.05) is 11.6 Å². The molecule has 2 aromatic rings. The van der Waals surface area contributed by atoms with E-state index < -0.39 is 0 Å². The molecule has 1 aromatic carbocycles. The molecule has 1 aromatic heterocycles. The van der Waals surface area contributed by atoms with Gasteiger partial charge in [-0.25, -0.2) is 4.98 Å². The second-order valence-electron chi connectivity index (χ2n) is 4.12. The Bertz CT molecular complexity index is 528. The number of fused-ring (bicyclic) bond motifs is 1. The Morgan fingerprint density at radius 3 is 3.12 bits per heavy atom. The predicted molar refractivity (Wildman–Crippen MR) is 65.7 cm³/mol. The maximum atomic E-state index is 6.01. The van der Waals surface area contributed by atoms with Gasteiger partial charge in [-0.05, 0) is 31.2 Å². The number of benzene rings is 1. The summed E-state index contributed by atoms with van der Waals surface area (Å²) in [6, 6.07) is 6.07. The van der Waals surface area contributed by atoms with Crippen molar-refractivity contribution in [1.82, 2.24) is 14.9 Å². The third-order valence-electron chi connectivity index (χ3n) is 3.08. The molecule has 1 atom stereocenters. The standard InChI is InChI=1S/C11H13ClN4/c12-7-1-2-9-10(5-7)16(11(13)15-9)8-3-4-14-6-8/h1-2,5,8,14H,3-4,6H2,(H2,13,15). The van der Waals surface area contributed by atoms with Crippen LogP contribution in [-0.4, -0.2) is 22.6 Å². The summed E-state index contributed by atoms with van der Waals surface area (Å²) in [4.78, 5) is 4.35. The molecule has 3 rings (SSSR count). The summed E-state index contributed by atoms with van der Waals surface area (Å²) in [5.41, 5.74) is 7.90. The lowest BCUT2D eigenvalue weighted by atomic mass is 10.2. The lowest BCUT2D eigenvalue weighted by Gasteiger charge is -2.13. The largest absolute Gasteiger partial charge is 0.369 e. The van der Waals surface area contributed by atoms with Crippen molar-refractivity contribution in [2.75, 3.05) is 18.8 Å². The number of imidazole rings is 1. The molecule has 0 saturated carbocycles. The zero-order chi connectivity index (χ0) is 11.1. The first kappa shape index (κ1) is 9.93. The van der Waals surface area contributed by atoms with Crippen LogP contribution in [0.15, 0.2) is 18.2 Å². The zero-order valence-corrected chi connectivity index (χ0v) is 9.54. The summed E-state index contributed by atoms with van der Waals surface area (Å²) >= 11 is 6.01. The number of nitrogens with zero attached hydrogens (tertiary/aromatic N) is 2. The van der Waals surface area contributed by atoms with E-state index in [1.54, 1.807) is 0 Å². The Labute approximate surface area is 98.4 Å². The molecule has 1 saturated heterocycles. The van der Waals surface area contributed by atoms with Crippen molar-refractivity contribution < 1.29 is 0 Å². The number of rotatable bonds is 1. The SMILES string of the molecule is Nc1nc2ccc(Cl)cc2n1C1CCNC1. The number of aromatic nitrogens is 2. The van der Waals surface area contributed by atoms with Gasteiger partial charge in [0.15, 0.2) is 0 Å². The van der Waals surface area contributed by atoms with Gasteiger partial charge < -0.3 is 15.6 Å². The average molecular weight is 237 g/mol. The molecule has 0 amide bonds. The van der Waals surface area contributed by atoms with Crippen LogP contribution in [0.1, 0.15) is 12.5 Å². The van der Waals surface area contributed by atoms with Crippen LogP contribution in [0, 0.1) is 0 Å². The number of nitrogen functional groups attached to an aromatic ring is 1. The van der Waals surface area contributed by atoms with E-state index in [2.05, 4.69) is 14.9 Å². The topological polar surface area (TPSA) is 55.9 Å². The molecule has 0 spiro atoms. The Balaban J connectivity index is 2.20. The Kier molecular flexibility index (Phi) is 2.26. The van der Waals surface area contributed by atoms with E-state index in [4.69, 9.17) is 17.3 Å². The fourth-order valence-corrected chi connectivity index (χ4v) is 2.49. The van der Waals surface area contributed by atoms with E-state index in [1.807, 2.05) is 18.2 Å². The minimum atomic E-state index is 0.392. The van der Waals surface area contributed by atoms with E-state index in [9.17, 15) is 0 Å². The summed E-state index contributed by atoms with van der Waals surface area (Å²) < 4.78 is 2.08. The van der Waals surface area contributed by atoms with Crippen molar-refractivity contribution in [3.8, 4) is 0 Å². The maximum absolute atomic E-state index is 6.01. The smallest absolute Gasteiger partial charge is 0.201 e. The monoisotopic (exact) mass is 236 g/mol. The molecule has 5 heteroatoms. The molecule has 1 aliphatic heterocycles. The third-order valence-corrected chi connectivity index (χ3v) is 3.31. The van der Waals surface area contributed by atoms with Crippen molar-refractivity contribution in [3.05, 3.63) is 23.2 Å². The fraction of sp³-hybridized carbons (Fsp3) is 0.364. The van der Waals surface area contributed by atoms with Crippen LogP contribution < -0.4 is 11.1 Å². The van der Waals surface area contributed by atoms with Crippen LogP contribution in [0.3, 0.4) is 0 Å². The molecule has 1 aliphatic rings. The molecule has 0 radical (unpaired) electrons. The first-order valence-corrected chi connectivity index (χ1v) is 5.77. The minimum Gasteiger partial charge on any atom is -0.369 e. The quantitative estimate of drug-likeness (QED) is 0.794. The first-order chi connectivity index (χ1) is 7.75. The molecule has 4 nitrogen and oxygen atoms in total. The summed E-state index contributed by atoms with van der Waals surface area (Å²) in [6.07, 6.45) is 1.09. The number of nitrogens with one attached hydrogen (secondary N) is 1. The molecule has 16 heavy (non-hydrogen) atoms. The van der Waals surface area contributed by atoms with Crippen molar-refractivity contribution >= 4 is 28.6 Å². The predicted octanol–water partition coefficient (Wildman–Crippen LogP) is 1.81. The number of hydrogen-bond donors (Lipinski definition) is 2. The highest BCUT2D eigenvalue weighted by molar-refractivity contribution is 6.31. The van der Waals surface area contributed by atoms with E-state index in [0.29, 0.717) is 12.0 Å². The van der Waals surface area contributed by atoms with Gasteiger partial charge in [-0.15, -0.1) is 0 Å². The highest BCUT2D eigenvalue weighted by atomic mass is 35.5. The number of hydrogen-bond acceptors (Lipinski definition) is 3. The zero-order valence-electron chi connectivity index (χ0n) is 8.78. The molecule has 0 aliphatic carbocycles. The highest BCUT2D eigenvalue weighted by Crippen LogP contribution is 2.28. The van der Waals surface area contributed by atoms with Gasteiger partial charge in [0.1, 0.15) is 0 Å². The van der Waals surface area contributed by atoms with Gasteiger partial charge in [0, 0.05) is 11.6 Å². The summed E-state index contributed by atoms with van der Waals surface area (Å²) in [5, 5.41) is 4.05. The highest BCUT2D eigenvalue weighted by Gasteiger charge is 2.21. The van der Waals surface area contributed by atoms with E-state index in [1.165, 1.54) is 0 Å². The summed E-state index contributed by atoms with van der Waals surface area (Å²) in [5.74, 6) is 0.575. The lowest BCUT2D eigenvalue weighted by molar-refractivity contribution is 0.569. The van der Waals surface area contributed by atoms with E-state index in [-0.39, 0.29) is 0 Å². The van der Waals surface area contributed by atoms with Gasteiger partial charge >= 0.3 is 0 Å². The molecule has 84 valence electrons. The molecule has 2 heterocycles. The van der Waals surface area contributed by atoms with Crippen LogP contribution in [0.5, 0.6) is 0 Å². The average Bonchev–Trinajstić information content (AvgIpc) is 2.83. The lowest BCUT2D eigenvalue weighted by Crippen LogP contribution is -2.15. The molecule has 0 bridgehead atoms. The van der Waals surface area contributed by atoms with Gasteiger partial charge in [0.25, 0.3) is 0 Å². The number of anilines is 1. The number of halogens is 1. The molecular weight excluding hydrogens is 224 g/mol. The van der Waals surface area contributed by atoms with Crippen LogP contribution in [0.2, 0.25) is 5.02 Å². The second-order valence-corrected chi connectivity index (χ2v) is 4.56. The summed E-state index contributed by atoms with van der Waals surface area (Å²) in [7, 11) is 0. The fourth-order valence-electron chi connectivity index (χ4n) is 2.33. The second kappa shape index (κ2) is 3.64. The minimum absolute atomic E-state index is 0.392. The van der Waals surface area contributed by atoms with Crippen molar-refractivity contribution in [1.29, 1.82) is 0 Å². The van der Waals surface area contributed by atoms with Gasteiger partial charge in [0.05, 0.1) is 17.1 Å². The van der Waals surface area contributed by atoms with Crippen molar-refractivity contribution in [3.63, 3.8) is 0 Å². The van der Waals surface area contributed by atoms with Gasteiger partial charge in [0.2, 0.25) is 5.95 Å². The molecular formula is C11H13ClN4. The van der Waals surface area contributed by atoms with Crippen LogP contribution in [0.4, 0.5) is 5.95 Å². The van der Waals surface area contributed by atoms with Crippen molar-refractivity contribution in [2.45, 2.75) is 12.5 Å². The normalized spacial score (nSPS) is 20.7. The maximum Gasteiger partial charge on any atom is 0.201 e. The van der Waals surface area contributed by atoms with Gasteiger partial charge in [-0.2, -0.15) is 0 Å². The Hall–Kier alpha value is -1.26. The Morgan fingerprint density at radius 2 is 2.38 bits per heavy atom. The van der Waals surface area contributed by atoms with E-state index >= 15 is 0 Å². The molecule has 1 fully saturated rings.